The third kappa shape index (κ3) is 4.79. The van der Waals surface area contributed by atoms with Crippen molar-refractivity contribution in [1.82, 2.24) is 10.2 Å². The molecule has 1 fully saturated rings. The van der Waals surface area contributed by atoms with Gasteiger partial charge in [-0.25, -0.2) is 0 Å². The zero-order valence-corrected chi connectivity index (χ0v) is 12.8. The second-order valence-corrected chi connectivity index (χ2v) is 6.15. The molecule has 0 aliphatic carbocycles. The predicted octanol–water partition coefficient (Wildman–Crippen LogP) is 3.55. The van der Waals surface area contributed by atoms with Gasteiger partial charge in [-0.05, 0) is 56.5 Å². The van der Waals surface area contributed by atoms with E-state index in [1.807, 2.05) is 12.1 Å². The quantitative estimate of drug-likeness (QED) is 0.857. The second kappa shape index (κ2) is 7.28. The average molecular weight is 281 g/mol. The number of halogens is 1. The van der Waals surface area contributed by atoms with Crippen LogP contribution < -0.4 is 5.32 Å². The standard InChI is InChI=1S/C16H25ClN2/c1-3-18-13(2)10-15-8-9-19(12-15)11-14-4-6-16(17)7-5-14/h4-7,13,15,18H,3,8-12H2,1-2H3. The van der Waals surface area contributed by atoms with Gasteiger partial charge in [0.15, 0.2) is 0 Å². The lowest BCUT2D eigenvalue weighted by atomic mass is 10.0. The highest BCUT2D eigenvalue weighted by molar-refractivity contribution is 6.30. The van der Waals surface area contributed by atoms with Crippen LogP contribution in [0, 0.1) is 5.92 Å². The molecule has 0 saturated carbocycles. The van der Waals surface area contributed by atoms with Crippen LogP contribution in [0.2, 0.25) is 5.02 Å². The number of hydrogen-bond donors (Lipinski definition) is 1. The van der Waals surface area contributed by atoms with Gasteiger partial charge in [0.1, 0.15) is 0 Å². The molecule has 1 aliphatic heterocycles. The molecule has 2 atom stereocenters. The monoisotopic (exact) mass is 280 g/mol. The summed E-state index contributed by atoms with van der Waals surface area (Å²) in [6.07, 6.45) is 2.63. The Morgan fingerprint density at radius 1 is 1.37 bits per heavy atom. The molecule has 106 valence electrons. The van der Waals surface area contributed by atoms with Gasteiger partial charge in [-0.3, -0.25) is 4.90 Å². The van der Waals surface area contributed by atoms with E-state index in [9.17, 15) is 0 Å². The summed E-state index contributed by atoms with van der Waals surface area (Å²) in [7, 11) is 0. The Balaban J connectivity index is 1.77. The molecule has 1 saturated heterocycles. The summed E-state index contributed by atoms with van der Waals surface area (Å²) in [6.45, 7) is 9.07. The van der Waals surface area contributed by atoms with E-state index in [1.54, 1.807) is 0 Å². The number of nitrogens with one attached hydrogen (secondary N) is 1. The summed E-state index contributed by atoms with van der Waals surface area (Å²) < 4.78 is 0. The van der Waals surface area contributed by atoms with Crippen molar-refractivity contribution in [3.8, 4) is 0 Å². The van der Waals surface area contributed by atoms with Crippen molar-refractivity contribution in [1.29, 1.82) is 0 Å². The molecule has 3 heteroatoms. The third-order valence-electron chi connectivity index (χ3n) is 3.93. The number of hydrogen-bond acceptors (Lipinski definition) is 2. The maximum atomic E-state index is 5.92. The van der Waals surface area contributed by atoms with E-state index in [1.165, 1.54) is 31.5 Å². The van der Waals surface area contributed by atoms with Crippen LogP contribution in [-0.2, 0) is 6.54 Å². The zero-order chi connectivity index (χ0) is 13.7. The summed E-state index contributed by atoms with van der Waals surface area (Å²) in [5, 5.41) is 4.33. The van der Waals surface area contributed by atoms with Crippen molar-refractivity contribution in [2.24, 2.45) is 5.92 Å². The summed E-state index contributed by atoms with van der Waals surface area (Å²) in [6, 6.07) is 8.88. The van der Waals surface area contributed by atoms with E-state index in [2.05, 4.69) is 36.2 Å². The number of likely N-dealkylation sites (tertiary alicyclic amines) is 1. The van der Waals surface area contributed by atoms with Gasteiger partial charge in [0.2, 0.25) is 0 Å². The van der Waals surface area contributed by atoms with Crippen LogP contribution in [0.25, 0.3) is 0 Å². The van der Waals surface area contributed by atoms with Crippen LogP contribution in [0.1, 0.15) is 32.3 Å². The fourth-order valence-electron chi connectivity index (χ4n) is 3.03. The van der Waals surface area contributed by atoms with Crippen molar-refractivity contribution >= 4 is 11.6 Å². The molecule has 2 unspecified atom stereocenters. The van der Waals surface area contributed by atoms with E-state index < -0.39 is 0 Å². The lowest BCUT2D eigenvalue weighted by molar-refractivity contribution is 0.306. The number of benzene rings is 1. The largest absolute Gasteiger partial charge is 0.315 e. The maximum Gasteiger partial charge on any atom is 0.0406 e. The Morgan fingerprint density at radius 3 is 2.79 bits per heavy atom. The highest BCUT2D eigenvalue weighted by Crippen LogP contribution is 2.23. The van der Waals surface area contributed by atoms with Gasteiger partial charge >= 0.3 is 0 Å². The van der Waals surface area contributed by atoms with Crippen molar-refractivity contribution in [2.75, 3.05) is 19.6 Å². The molecule has 19 heavy (non-hydrogen) atoms. The fourth-order valence-corrected chi connectivity index (χ4v) is 3.15. The minimum atomic E-state index is 0.644. The van der Waals surface area contributed by atoms with Crippen molar-refractivity contribution in [2.45, 2.75) is 39.3 Å². The fraction of sp³-hybridized carbons (Fsp3) is 0.625. The number of rotatable bonds is 6. The first-order valence-corrected chi connectivity index (χ1v) is 7.75. The molecule has 1 aromatic carbocycles. The molecule has 0 amide bonds. The van der Waals surface area contributed by atoms with E-state index in [4.69, 9.17) is 11.6 Å². The van der Waals surface area contributed by atoms with Gasteiger partial charge < -0.3 is 5.32 Å². The van der Waals surface area contributed by atoms with Crippen LogP contribution in [0.3, 0.4) is 0 Å². The molecule has 0 spiro atoms. The Hall–Kier alpha value is -0.570. The molecule has 1 aromatic rings. The SMILES string of the molecule is CCNC(C)CC1CCN(Cc2ccc(Cl)cc2)C1. The predicted molar refractivity (Wildman–Crippen MR) is 82.6 cm³/mol. The average Bonchev–Trinajstić information content (AvgIpc) is 2.80. The first-order valence-electron chi connectivity index (χ1n) is 7.37. The molecule has 1 heterocycles. The molecular weight excluding hydrogens is 256 g/mol. The normalized spacial score (nSPS) is 21.7. The molecule has 1 N–H and O–H groups in total. The zero-order valence-electron chi connectivity index (χ0n) is 12.0. The van der Waals surface area contributed by atoms with E-state index >= 15 is 0 Å². The molecule has 1 aliphatic rings. The maximum absolute atomic E-state index is 5.92. The van der Waals surface area contributed by atoms with Crippen LogP contribution in [0.4, 0.5) is 0 Å². The molecule has 0 bridgehead atoms. The minimum Gasteiger partial charge on any atom is -0.315 e. The Morgan fingerprint density at radius 2 is 2.11 bits per heavy atom. The summed E-state index contributed by atoms with van der Waals surface area (Å²) in [5.41, 5.74) is 1.37. The summed E-state index contributed by atoms with van der Waals surface area (Å²) in [5.74, 6) is 0.848. The van der Waals surface area contributed by atoms with Crippen LogP contribution in [0.5, 0.6) is 0 Å². The van der Waals surface area contributed by atoms with Gasteiger partial charge in [-0.2, -0.15) is 0 Å². The Kier molecular flexibility index (Phi) is 5.68. The van der Waals surface area contributed by atoms with Crippen molar-refractivity contribution < 1.29 is 0 Å². The lowest BCUT2D eigenvalue weighted by Crippen LogP contribution is -2.29. The minimum absolute atomic E-state index is 0.644. The molecule has 0 aromatic heterocycles. The van der Waals surface area contributed by atoms with E-state index in [0.29, 0.717) is 6.04 Å². The van der Waals surface area contributed by atoms with E-state index in [-0.39, 0.29) is 0 Å². The van der Waals surface area contributed by atoms with Crippen molar-refractivity contribution in [3.05, 3.63) is 34.9 Å². The lowest BCUT2D eigenvalue weighted by Gasteiger charge is -2.19. The topological polar surface area (TPSA) is 15.3 Å². The number of nitrogens with zero attached hydrogens (tertiary/aromatic N) is 1. The van der Waals surface area contributed by atoms with E-state index in [0.717, 1.165) is 24.0 Å². The van der Waals surface area contributed by atoms with Gasteiger partial charge in [-0.1, -0.05) is 30.7 Å². The van der Waals surface area contributed by atoms with Crippen LogP contribution in [-0.4, -0.2) is 30.6 Å². The highest BCUT2D eigenvalue weighted by Gasteiger charge is 2.23. The van der Waals surface area contributed by atoms with Gasteiger partial charge in [0.25, 0.3) is 0 Å². The third-order valence-corrected chi connectivity index (χ3v) is 4.18. The first kappa shape index (κ1) is 14.8. The smallest absolute Gasteiger partial charge is 0.0406 e. The Labute approximate surface area is 122 Å². The van der Waals surface area contributed by atoms with Crippen LogP contribution >= 0.6 is 11.6 Å². The van der Waals surface area contributed by atoms with Crippen LogP contribution in [0.15, 0.2) is 24.3 Å². The molecule has 2 rings (SSSR count). The summed E-state index contributed by atoms with van der Waals surface area (Å²) in [4.78, 5) is 2.56. The molecule has 2 nitrogen and oxygen atoms in total. The van der Waals surface area contributed by atoms with Crippen molar-refractivity contribution in [3.63, 3.8) is 0 Å². The van der Waals surface area contributed by atoms with Gasteiger partial charge in [0.05, 0.1) is 0 Å². The first-order chi connectivity index (χ1) is 9.17. The van der Waals surface area contributed by atoms with Gasteiger partial charge in [0, 0.05) is 24.2 Å². The summed E-state index contributed by atoms with van der Waals surface area (Å²) >= 11 is 5.92. The van der Waals surface area contributed by atoms with Gasteiger partial charge in [-0.15, -0.1) is 0 Å². The highest BCUT2D eigenvalue weighted by atomic mass is 35.5. The Bertz CT molecular complexity index is 377. The second-order valence-electron chi connectivity index (χ2n) is 5.71. The molecular formula is C16H25ClN2. The molecule has 0 radical (unpaired) electrons.